The van der Waals surface area contributed by atoms with E-state index in [1.807, 2.05) is 0 Å². The molecule has 4 heteroatoms. The van der Waals surface area contributed by atoms with Crippen molar-refractivity contribution < 1.29 is 13.2 Å². The van der Waals surface area contributed by atoms with Gasteiger partial charge in [-0.15, -0.1) is 0 Å². The lowest BCUT2D eigenvalue weighted by Gasteiger charge is -2.38. The molecular formula is C9H16F3N. The van der Waals surface area contributed by atoms with Crippen molar-refractivity contribution in [2.24, 2.45) is 5.41 Å². The molecule has 78 valence electrons. The van der Waals surface area contributed by atoms with Gasteiger partial charge in [-0.3, -0.25) is 0 Å². The Morgan fingerprint density at radius 2 is 1.69 bits per heavy atom. The van der Waals surface area contributed by atoms with Gasteiger partial charge in [-0.2, -0.15) is 13.2 Å². The van der Waals surface area contributed by atoms with E-state index >= 15 is 0 Å². The fraction of sp³-hybridized carbons (Fsp3) is 1.00. The molecule has 1 nitrogen and oxygen atoms in total. The summed E-state index contributed by atoms with van der Waals surface area (Å²) in [7, 11) is 1.59. The van der Waals surface area contributed by atoms with Crippen LogP contribution >= 0.6 is 0 Å². The van der Waals surface area contributed by atoms with E-state index in [9.17, 15) is 13.2 Å². The highest BCUT2D eigenvalue weighted by Gasteiger charge is 2.53. The minimum absolute atomic E-state index is 0.0660. The summed E-state index contributed by atoms with van der Waals surface area (Å²) in [5.74, 6) is 0. The molecule has 0 atom stereocenters. The van der Waals surface area contributed by atoms with E-state index in [0.29, 0.717) is 12.8 Å². The second-order valence-corrected chi connectivity index (χ2v) is 3.87. The number of nitrogens with one attached hydrogen (secondary N) is 1. The van der Waals surface area contributed by atoms with Gasteiger partial charge in [0.1, 0.15) is 0 Å². The lowest BCUT2D eigenvalue weighted by Crippen LogP contribution is -2.46. The van der Waals surface area contributed by atoms with E-state index in [1.54, 1.807) is 7.05 Å². The Bertz CT molecular complexity index is 153. The van der Waals surface area contributed by atoms with Gasteiger partial charge >= 0.3 is 6.18 Å². The fourth-order valence-electron chi connectivity index (χ4n) is 2.13. The van der Waals surface area contributed by atoms with Crippen molar-refractivity contribution in [3.05, 3.63) is 0 Å². The van der Waals surface area contributed by atoms with Crippen molar-refractivity contribution in [1.29, 1.82) is 0 Å². The number of alkyl halides is 3. The molecule has 0 saturated heterocycles. The van der Waals surface area contributed by atoms with Crippen molar-refractivity contribution in [2.45, 2.75) is 38.3 Å². The lowest BCUT2D eigenvalue weighted by molar-refractivity contribution is -0.232. The lowest BCUT2D eigenvalue weighted by atomic mass is 9.73. The Kier molecular flexibility index (Phi) is 3.22. The summed E-state index contributed by atoms with van der Waals surface area (Å²) in [5.41, 5.74) is -1.44. The summed E-state index contributed by atoms with van der Waals surface area (Å²) >= 11 is 0. The molecule has 13 heavy (non-hydrogen) atoms. The molecule has 0 radical (unpaired) electrons. The van der Waals surface area contributed by atoms with Gasteiger partial charge < -0.3 is 5.32 Å². The quantitative estimate of drug-likeness (QED) is 0.714. The van der Waals surface area contributed by atoms with Crippen LogP contribution in [0.1, 0.15) is 32.1 Å². The third kappa shape index (κ3) is 2.16. The molecule has 1 rings (SSSR count). The molecule has 1 aliphatic carbocycles. The van der Waals surface area contributed by atoms with Gasteiger partial charge in [0.2, 0.25) is 0 Å². The van der Waals surface area contributed by atoms with Crippen molar-refractivity contribution in [1.82, 2.24) is 5.32 Å². The predicted octanol–water partition coefficient (Wildman–Crippen LogP) is 2.72. The van der Waals surface area contributed by atoms with Gasteiger partial charge in [0.25, 0.3) is 0 Å². The van der Waals surface area contributed by atoms with Crippen LogP contribution in [-0.4, -0.2) is 19.8 Å². The van der Waals surface area contributed by atoms with Crippen molar-refractivity contribution in [2.75, 3.05) is 13.6 Å². The summed E-state index contributed by atoms with van der Waals surface area (Å²) in [5, 5.41) is 2.66. The van der Waals surface area contributed by atoms with Crippen LogP contribution < -0.4 is 5.32 Å². The van der Waals surface area contributed by atoms with E-state index in [-0.39, 0.29) is 19.4 Å². The summed E-state index contributed by atoms with van der Waals surface area (Å²) in [6.07, 6.45) is -1.10. The van der Waals surface area contributed by atoms with Gasteiger partial charge in [-0.1, -0.05) is 19.3 Å². The first kappa shape index (κ1) is 10.8. The molecule has 0 aliphatic heterocycles. The van der Waals surface area contributed by atoms with Crippen LogP contribution in [-0.2, 0) is 0 Å². The van der Waals surface area contributed by atoms with Gasteiger partial charge in [-0.05, 0) is 19.9 Å². The fourth-order valence-corrected chi connectivity index (χ4v) is 2.13. The molecule has 0 bridgehead atoms. The number of hydrogen-bond acceptors (Lipinski definition) is 1. The average Bonchev–Trinajstić information content (AvgIpc) is 2.04. The highest BCUT2D eigenvalue weighted by molar-refractivity contribution is 4.90. The van der Waals surface area contributed by atoms with Crippen LogP contribution in [0, 0.1) is 5.41 Å². The molecule has 0 aromatic heterocycles. The smallest absolute Gasteiger partial charge is 0.319 e. The van der Waals surface area contributed by atoms with Crippen molar-refractivity contribution in [3.8, 4) is 0 Å². The maximum Gasteiger partial charge on any atom is 0.395 e. The minimum Gasteiger partial charge on any atom is -0.319 e. The molecular weight excluding hydrogens is 179 g/mol. The standard InChI is InChI=1S/C9H16F3N/c1-13-7-8(9(10,11)12)5-3-2-4-6-8/h13H,2-7H2,1H3. The SMILES string of the molecule is CNCC1(C(F)(F)F)CCCCC1. The molecule has 0 spiro atoms. The number of rotatable bonds is 2. The minimum atomic E-state index is -4.05. The van der Waals surface area contributed by atoms with Crippen LogP contribution in [0.15, 0.2) is 0 Å². The first-order valence-electron chi connectivity index (χ1n) is 4.73. The number of hydrogen-bond donors (Lipinski definition) is 1. The largest absolute Gasteiger partial charge is 0.395 e. The molecule has 0 heterocycles. The zero-order valence-electron chi connectivity index (χ0n) is 7.88. The van der Waals surface area contributed by atoms with Gasteiger partial charge in [0.15, 0.2) is 0 Å². The molecule has 0 amide bonds. The molecule has 1 saturated carbocycles. The predicted molar refractivity (Wildman–Crippen MR) is 45.5 cm³/mol. The van der Waals surface area contributed by atoms with E-state index in [1.165, 1.54) is 0 Å². The Balaban J connectivity index is 2.73. The average molecular weight is 195 g/mol. The first-order chi connectivity index (χ1) is 6.02. The molecule has 1 fully saturated rings. The highest BCUT2D eigenvalue weighted by Crippen LogP contribution is 2.48. The summed E-state index contributed by atoms with van der Waals surface area (Å²) in [6, 6.07) is 0. The topological polar surface area (TPSA) is 12.0 Å². The molecule has 0 aromatic rings. The maximum atomic E-state index is 12.7. The second-order valence-electron chi connectivity index (χ2n) is 3.87. The van der Waals surface area contributed by atoms with Crippen LogP contribution in [0.5, 0.6) is 0 Å². The molecule has 0 aromatic carbocycles. The van der Waals surface area contributed by atoms with Crippen LogP contribution in [0.4, 0.5) is 13.2 Å². The highest BCUT2D eigenvalue weighted by atomic mass is 19.4. The summed E-state index contributed by atoms with van der Waals surface area (Å²) in [6.45, 7) is 0.0660. The molecule has 1 N–H and O–H groups in total. The van der Waals surface area contributed by atoms with Crippen molar-refractivity contribution in [3.63, 3.8) is 0 Å². The Labute approximate surface area is 76.7 Å². The Hall–Kier alpha value is -0.250. The zero-order chi connectivity index (χ0) is 9.95. The van der Waals surface area contributed by atoms with Crippen molar-refractivity contribution >= 4 is 0 Å². The second kappa shape index (κ2) is 3.86. The number of halogens is 3. The van der Waals surface area contributed by atoms with Crippen LogP contribution in [0.2, 0.25) is 0 Å². The third-order valence-electron chi connectivity index (χ3n) is 2.93. The summed E-state index contributed by atoms with van der Waals surface area (Å²) in [4.78, 5) is 0. The van der Waals surface area contributed by atoms with Crippen LogP contribution in [0.3, 0.4) is 0 Å². The van der Waals surface area contributed by atoms with Gasteiger partial charge in [-0.25, -0.2) is 0 Å². The van der Waals surface area contributed by atoms with E-state index in [0.717, 1.165) is 6.42 Å². The molecule has 1 aliphatic rings. The third-order valence-corrected chi connectivity index (χ3v) is 2.93. The van der Waals surface area contributed by atoms with E-state index in [4.69, 9.17) is 0 Å². The normalized spacial score (nSPS) is 23.1. The zero-order valence-corrected chi connectivity index (χ0v) is 7.88. The van der Waals surface area contributed by atoms with Gasteiger partial charge in [0, 0.05) is 6.54 Å². The van der Waals surface area contributed by atoms with Crippen LogP contribution in [0.25, 0.3) is 0 Å². The first-order valence-corrected chi connectivity index (χ1v) is 4.73. The summed E-state index contributed by atoms with van der Waals surface area (Å²) < 4.78 is 38.2. The van der Waals surface area contributed by atoms with E-state index < -0.39 is 11.6 Å². The maximum absolute atomic E-state index is 12.7. The molecule has 0 unspecified atom stereocenters. The monoisotopic (exact) mass is 195 g/mol. The van der Waals surface area contributed by atoms with Gasteiger partial charge in [0.05, 0.1) is 5.41 Å². The van der Waals surface area contributed by atoms with E-state index in [2.05, 4.69) is 5.32 Å². The Morgan fingerprint density at radius 1 is 1.15 bits per heavy atom. The Morgan fingerprint density at radius 3 is 2.08 bits per heavy atom.